The van der Waals surface area contributed by atoms with Crippen molar-refractivity contribution < 1.29 is 13.9 Å². The molecule has 3 aromatic rings. The Hall–Kier alpha value is -2.62. The molecule has 3 rings (SSSR count). The number of oxazole rings is 1. The Balaban J connectivity index is 1.75. The topological polar surface area (TPSA) is 52.3 Å². The molecule has 0 spiro atoms. The Bertz CT molecular complexity index is 747. The maximum Gasteiger partial charge on any atom is 0.338 e. The van der Waals surface area contributed by atoms with E-state index in [4.69, 9.17) is 9.15 Å². The van der Waals surface area contributed by atoms with Crippen molar-refractivity contribution in [3.63, 3.8) is 0 Å². The minimum atomic E-state index is -0.364. The second kappa shape index (κ2) is 5.17. The standard InChI is InChI=1S/C16H13NO3/c1-11-17-14-9-13(7-8-15(14)20-11)16(18)19-10-12-5-3-2-4-6-12/h2-9H,10H2,1H3. The molecule has 20 heavy (non-hydrogen) atoms. The molecule has 0 aliphatic carbocycles. The molecule has 0 radical (unpaired) electrons. The molecule has 0 aliphatic heterocycles. The molecular formula is C16H13NO3. The molecule has 0 unspecified atom stereocenters. The van der Waals surface area contributed by atoms with Crippen molar-refractivity contribution in [1.29, 1.82) is 0 Å². The number of aromatic nitrogens is 1. The summed E-state index contributed by atoms with van der Waals surface area (Å²) in [6, 6.07) is 14.7. The van der Waals surface area contributed by atoms with Crippen LogP contribution in [0.5, 0.6) is 0 Å². The number of benzene rings is 2. The molecule has 0 saturated heterocycles. The lowest BCUT2D eigenvalue weighted by atomic mass is 10.2. The van der Waals surface area contributed by atoms with Gasteiger partial charge in [0.15, 0.2) is 11.5 Å². The van der Waals surface area contributed by atoms with Gasteiger partial charge in [-0.3, -0.25) is 0 Å². The monoisotopic (exact) mass is 267 g/mol. The highest BCUT2D eigenvalue weighted by Gasteiger charge is 2.10. The summed E-state index contributed by atoms with van der Waals surface area (Å²) in [5, 5.41) is 0. The van der Waals surface area contributed by atoms with Crippen LogP contribution in [0.1, 0.15) is 21.8 Å². The van der Waals surface area contributed by atoms with Crippen LogP contribution in [0.15, 0.2) is 52.9 Å². The summed E-state index contributed by atoms with van der Waals surface area (Å²) in [5.74, 6) is 0.214. The summed E-state index contributed by atoms with van der Waals surface area (Å²) in [6.07, 6.45) is 0. The van der Waals surface area contributed by atoms with Crippen LogP contribution in [0.4, 0.5) is 0 Å². The Morgan fingerprint density at radius 2 is 2.00 bits per heavy atom. The summed E-state index contributed by atoms with van der Waals surface area (Å²) in [7, 11) is 0. The zero-order chi connectivity index (χ0) is 13.9. The number of aryl methyl sites for hydroxylation is 1. The number of hydrogen-bond donors (Lipinski definition) is 0. The molecule has 0 atom stereocenters. The highest BCUT2D eigenvalue weighted by atomic mass is 16.5. The first kappa shape index (κ1) is 12.4. The van der Waals surface area contributed by atoms with Crippen LogP contribution in [-0.2, 0) is 11.3 Å². The van der Waals surface area contributed by atoms with Gasteiger partial charge in [-0.05, 0) is 23.8 Å². The van der Waals surface area contributed by atoms with Crippen molar-refractivity contribution in [2.24, 2.45) is 0 Å². The molecule has 0 aliphatic rings. The summed E-state index contributed by atoms with van der Waals surface area (Å²) in [6.45, 7) is 2.03. The van der Waals surface area contributed by atoms with Crippen molar-refractivity contribution in [2.45, 2.75) is 13.5 Å². The molecule has 4 heteroatoms. The van der Waals surface area contributed by atoms with Gasteiger partial charge in [-0.2, -0.15) is 0 Å². The van der Waals surface area contributed by atoms with E-state index in [0.717, 1.165) is 5.56 Å². The number of carbonyl (C=O) groups is 1. The number of esters is 1. The molecule has 0 saturated carbocycles. The molecule has 0 fully saturated rings. The lowest BCUT2D eigenvalue weighted by Gasteiger charge is -2.04. The Kier molecular flexibility index (Phi) is 3.21. The van der Waals surface area contributed by atoms with Crippen LogP contribution >= 0.6 is 0 Å². The van der Waals surface area contributed by atoms with E-state index in [2.05, 4.69) is 4.98 Å². The maximum absolute atomic E-state index is 12.0. The van der Waals surface area contributed by atoms with Gasteiger partial charge in [0.25, 0.3) is 0 Å². The Morgan fingerprint density at radius 3 is 2.80 bits per heavy atom. The predicted molar refractivity (Wildman–Crippen MR) is 74.3 cm³/mol. The first-order valence-electron chi connectivity index (χ1n) is 6.30. The fraction of sp³-hybridized carbons (Fsp3) is 0.125. The van der Waals surface area contributed by atoms with E-state index < -0.39 is 0 Å². The highest BCUT2D eigenvalue weighted by Crippen LogP contribution is 2.17. The largest absolute Gasteiger partial charge is 0.457 e. The number of carbonyl (C=O) groups excluding carboxylic acids is 1. The van der Waals surface area contributed by atoms with Gasteiger partial charge in [0.05, 0.1) is 5.56 Å². The van der Waals surface area contributed by atoms with Gasteiger partial charge in [-0.1, -0.05) is 30.3 Å². The summed E-state index contributed by atoms with van der Waals surface area (Å²) in [5.41, 5.74) is 2.76. The quantitative estimate of drug-likeness (QED) is 0.681. The summed E-state index contributed by atoms with van der Waals surface area (Å²) in [4.78, 5) is 16.2. The molecular weight excluding hydrogens is 254 g/mol. The van der Waals surface area contributed by atoms with Crippen LogP contribution in [0.25, 0.3) is 11.1 Å². The SMILES string of the molecule is Cc1nc2cc(C(=O)OCc3ccccc3)ccc2o1. The van der Waals surface area contributed by atoms with E-state index >= 15 is 0 Å². The number of rotatable bonds is 3. The average Bonchev–Trinajstić information content (AvgIpc) is 2.85. The average molecular weight is 267 g/mol. The molecule has 4 nitrogen and oxygen atoms in total. The second-order valence-electron chi connectivity index (χ2n) is 4.48. The van der Waals surface area contributed by atoms with E-state index in [1.165, 1.54) is 0 Å². The minimum absolute atomic E-state index is 0.259. The van der Waals surface area contributed by atoms with Crippen LogP contribution in [0.2, 0.25) is 0 Å². The van der Waals surface area contributed by atoms with Gasteiger partial charge in [0, 0.05) is 6.92 Å². The van der Waals surface area contributed by atoms with E-state index in [1.54, 1.807) is 25.1 Å². The third-order valence-corrected chi connectivity index (χ3v) is 2.94. The third-order valence-electron chi connectivity index (χ3n) is 2.94. The molecule has 1 heterocycles. The molecule has 100 valence electrons. The molecule has 0 amide bonds. The van der Waals surface area contributed by atoms with Gasteiger partial charge in [0.2, 0.25) is 0 Å². The summed E-state index contributed by atoms with van der Waals surface area (Å²) >= 11 is 0. The van der Waals surface area contributed by atoms with E-state index in [-0.39, 0.29) is 12.6 Å². The predicted octanol–water partition coefficient (Wildman–Crippen LogP) is 3.49. The molecule has 0 N–H and O–H groups in total. The maximum atomic E-state index is 12.0. The Morgan fingerprint density at radius 1 is 1.20 bits per heavy atom. The lowest BCUT2D eigenvalue weighted by Crippen LogP contribution is -2.05. The Labute approximate surface area is 116 Å². The normalized spacial score (nSPS) is 10.7. The number of ether oxygens (including phenoxy) is 1. The van der Waals surface area contributed by atoms with Crippen LogP contribution in [0.3, 0.4) is 0 Å². The molecule has 2 aromatic carbocycles. The van der Waals surface area contributed by atoms with Crippen LogP contribution in [-0.4, -0.2) is 11.0 Å². The van der Waals surface area contributed by atoms with Crippen molar-refractivity contribution in [3.05, 3.63) is 65.5 Å². The van der Waals surface area contributed by atoms with E-state index in [1.807, 2.05) is 30.3 Å². The van der Waals surface area contributed by atoms with E-state index in [0.29, 0.717) is 22.6 Å². The second-order valence-corrected chi connectivity index (χ2v) is 4.48. The fourth-order valence-corrected chi connectivity index (χ4v) is 1.98. The lowest BCUT2D eigenvalue weighted by molar-refractivity contribution is 0.0473. The van der Waals surface area contributed by atoms with Crippen molar-refractivity contribution in [1.82, 2.24) is 4.98 Å². The van der Waals surface area contributed by atoms with Gasteiger partial charge < -0.3 is 9.15 Å². The minimum Gasteiger partial charge on any atom is -0.457 e. The zero-order valence-electron chi connectivity index (χ0n) is 11.0. The number of nitrogens with zero attached hydrogens (tertiary/aromatic N) is 1. The molecule has 1 aromatic heterocycles. The fourth-order valence-electron chi connectivity index (χ4n) is 1.98. The van der Waals surface area contributed by atoms with E-state index in [9.17, 15) is 4.79 Å². The number of fused-ring (bicyclic) bond motifs is 1. The summed E-state index contributed by atoms with van der Waals surface area (Å²) < 4.78 is 10.6. The van der Waals surface area contributed by atoms with Gasteiger partial charge in [-0.25, -0.2) is 9.78 Å². The first-order chi connectivity index (χ1) is 9.72. The molecule has 0 bridgehead atoms. The third kappa shape index (κ3) is 2.54. The van der Waals surface area contributed by atoms with Crippen molar-refractivity contribution >= 4 is 17.1 Å². The van der Waals surface area contributed by atoms with Gasteiger partial charge >= 0.3 is 5.97 Å². The van der Waals surface area contributed by atoms with Gasteiger partial charge in [-0.15, -0.1) is 0 Å². The van der Waals surface area contributed by atoms with Gasteiger partial charge in [0.1, 0.15) is 12.1 Å². The van der Waals surface area contributed by atoms with Crippen LogP contribution in [0, 0.1) is 6.92 Å². The smallest absolute Gasteiger partial charge is 0.338 e. The van der Waals surface area contributed by atoms with Crippen LogP contribution < -0.4 is 0 Å². The highest BCUT2D eigenvalue weighted by molar-refractivity contribution is 5.93. The van der Waals surface area contributed by atoms with Crippen molar-refractivity contribution in [3.8, 4) is 0 Å². The first-order valence-corrected chi connectivity index (χ1v) is 6.30. The zero-order valence-corrected chi connectivity index (χ0v) is 11.0. The number of hydrogen-bond acceptors (Lipinski definition) is 4. The van der Waals surface area contributed by atoms with Crippen molar-refractivity contribution in [2.75, 3.05) is 0 Å².